The van der Waals surface area contributed by atoms with Gasteiger partial charge in [-0.3, -0.25) is 24.4 Å². The van der Waals surface area contributed by atoms with Crippen molar-refractivity contribution in [2.24, 2.45) is 0 Å². The van der Waals surface area contributed by atoms with Gasteiger partial charge < -0.3 is 4.90 Å². The third-order valence-corrected chi connectivity index (χ3v) is 7.49. The number of aromatic nitrogens is 2. The molecule has 1 saturated heterocycles. The van der Waals surface area contributed by atoms with Crippen molar-refractivity contribution < 1.29 is 13.2 Å². The number of piperidine rings is 1. The number of hydrogen-bond donors (Lipinski definition) is 1. The van der Waals surface area contributed by atoms with E-state index in [2.05, 4.69) is 26.6 Å². The molecule has 0 unspecified atom stereocenters. The molecule has 3 aromatic rings. The molecule has 2 heterocycles. The summed E-state index contributed by atoms with van der Waals surface area (Å²) in [6, 6.07) is 12.3. The molecule has 1 fully saturated rings. The zero-order chi connectivity index (χ0) is 25.9. The molecule has 1 aliphatic heterocycles. The quantitative estimate of drug-likeness (QED) is 0.465. The number of nitrogens with zero attached hydrogens (tertiary/aromatic N) is 4. The van der Waals surface area contributed by atoms with Gasteiger partial charge in [-0.15, -0.1) is 0 Å². The zero-order valence-electron chi connectivity index (χ0n) is 20.0. The van der Waals surface area contributed by atoms with Gasteiger partial charge >= 0.3 is 0 Å². The summed E-state index contributed by atoms with van der Waals surface area (Å²) in [6.07, 6.45) is 6.33. The van der Waals surface area contributed by atoms with Gasteiger partial charge in [0.2, 0.25) is 10.0 Å². The molecule has 11 heteroatoms. The molecule has 0 saturated carbocycles. The molecular weight excluding hydrogens is 521 g/mol. The normalized spacial score (nSPS) is 14.8. The van der Waals surface area contributed by atoms with E-state index in [-0.39, 0.29) is 5.91 Å². The van der Waals surface area contributed by atoms with Crippen LogP contribution in [0.15, 0.2) is 54.9 Å². The minimum Gasteiger partial charge on any atom is -0.339 e. The van der Waals surface area contributed by atoms with E-state index in [0.717, 1.165) is 30.4 Å². The Morgan fingerprint density at radius 2 is 1.75 bits per heavy atom. The first-order valence-corrected chi connectivity index (χ1v) is 14.1. The van der Waals surface area contributed by atoms with Crippen LogP contribution in [-0.2, 0) is 16.6 Å². The largest absolute Gasteiger partial charge is 0.339 e. The van der Waals surface area contributed by atoms with E-state index in [0.29, 0.717) is 52.7 Å². The lowest BCUT2D eigenvalue weighted by Crippen LogP contribution is -2.45. The highest BCUT2D eigenvalue weighted by molar-refractivity contribution is 7.92. The number of anilines is 1. The van der Waals surface area contributed by atoms with Crippen LogP contribution in [0.2, 0.25) is 10.0 Å². The van der Waals surface area contributed by atoms with E-state index < -0.39 is 10.0 Å². The van der Waals surface area contributed by atoms with Gasteiger partial charge in [0.25, 0.3) is 5.91 Å². The molecule has 0 radical (unpaired) electrons. The number of nitrogens with one attached hydrogen (secondary N) is 1. The van der Waals surface area contributed by atoms with Crippen LogP contribution in [0, 0.1) is 0 Å². The summed E-state index contributed by atoms with van der Waals surface area (Å²) < 4.78 is 25.2. The number of carbonyl (C=O) groups is 1. The van der Waals surface area contributed by atoms with Crippen LogP contribution >= 0.6 is 23.2 Å². The lowest BCUT2D eigenvalue weighted by atomic mass is 10.0. The van der Waals surface area contributed by atoms with Gasteiger partial charge in [-0.2, -0.15) is 0 Å². The number of halogens is 2. The average Bonchev–Trinajstić information content (AvgIpc) is 2.85. The molecule has 1 N–H and O–H groups in total. The van der Waals surface area contributed by atoms with E-state index in [4.69, 9.17) is 23.2 Å². The Bertz CT molecular complexity index is 1330. The van der Waals surface area contributed by atoms with Crippen molar-refractivity contribution in [1.82, 2.24) is 19.8 Å². The summed E-state index contributed by atoms with van der Waals surface area (Å²) in [6.45, 7) is 1.99. The predicted octanol–water partition coefficient (Wildman–Crippen LogP) is 4.56. The highest BCUT2D eigenvalue weighted by Crippen LogP contribution is 2.25. The molecule has 0 aliphatic carbocycles. The molecule has 36 heavy (non-hydrogen) atoms. The SMILES string of the molecule is CN(Cc1cnc(-c2ccc(NS(C)(=O)=O)cc2)cn1)C1CCN(C(=O)c2ccc(Cl)c(Cl)c2)CC1. The zero-order valence-corrected chi connectivity index (χ0v) is 22.3. The highest BCUT2D eigenvalue weighted by Gasteiger charge is 2.26. The fourth-order valence-electron chi connectivity index (χ4n) is 4.21. The third-order valence-electron chi connectivity index (χ3n) is 6.14. The van der Waals surface area contributed by atoms with Crippen molar-refractivity contribution in [3.8, 4) is 11.3 Å². The van der Waals surface area contributed by atoms with E-state index in [1.165, 1.54) is 0 Å². The molecule has 1 amide bonds. The Hall–Kier alpha value is -2.72. The summed E-state index contributed by atoms with van der Waals surface area (Å²) in [5.41, 5.74) is 3.46. The van der Waals surface area contributed by atoms with Gasteiger partial charge in [0, 0.05) is 42.5 Å². The van der Waals surface area contributed by atoms with Crippen molar-refractivity contribution in [2.75, 3.05) is 31.1 Å². The molecule has 1 aromatic heterocycles. The monoisotopic (exact) mass is 547 g/mol. The van der Waals surface area contributed by atoms with E-state index in [9.17, 15) is 13.2 Å². The van der Waals surface area contributed by atoms with Gasteiger partial charge in [-0.05, 0) is 50.2 Å². The fraction of sp³-hybridized carbons (Fsp3) is 0.320. The minimum absolute atomic E-state index is 0.0312. The molecule has 1 aliphatic rings. The van der Waals surface area contributed by atoms with Crippen molar-refractivity contribution in [2.45, 2.75) is 25.4 Å². The lowest BCUT2D eigenvalue weighted by Gasteiger charge is -2.36. The number of rotatable bonds is 7. The van der Waals surface area contributed by atoms with Crippen LogP contribution < -0.4 is 4.72 Å². The van der Waals surface area contributed by atoms with Crippen LogP contribution in [0.5, 0.6) is 0 Å². The smallest absolute Gasteiger partial charge is 0.253 e. The molecule has 0 spiro atoms. The van der Waals surface area contributed by atoms with Crippen molar-refractivity contribution in [1.29, 1.82) is 0 Å². The van der Waals surface area contributed by atoms with E-state index in [1.54, 1.807) is 54.9 Å². The van der Waals surface area contributed by atoms with Crippen LogP contribution in [0.1, 0.15) is 28.9 Å². The van der Waals surface area contributed by atoms with E-state index >= 15 is 0 Å². The van der Waals surface area contributed by atoms with Crippen LogP contribution in [-0.4, -0.2) is 66.5 Å². The Morgan fingerprint density at radius 1 is 1.06 bits per heavy atom. The third kappa shape index (κ3) is 6.73. The molecule has 0 atom stereocenters. The molecule has 190 valence electrons. The first-order valence-electron chi connectivity index (χ1n) is 11.4. The average molecular weight is 548 g/mol. The maximum atomic E-state index is 12.8. The van der Waals surface area contributed by atoms with Gasteiger partial charge in [0.15, 0.2) is 0 Å². The Kier molecular flexibility index (Phi) is 8.14. The summed E-state index contributed by atoms with van der Waals surface area (Å²) in [7, 11) is -1.26. The van der Waals surface area contributed by atoms with Crippen LogP contribution in [0.25, 0.3) is 11.3 Å². The van der Waals surface area contributed by atoms with Crippen molar-refractivity contribution >= 4 is 44.8 Å². The molecule has 2 aromatic carbocycles. The minimum atomic E-state index is -3.32. The topological polar surface area (TPSA) is 95.5 Å². The second kappa shape index (κ2) is 11.1. The first kappa shape index (κ1) is 26.3. The number of amides is 1. The van der Waals surface area contributed by atoms with Crippen LogP contribution in [0.4, 0.5) is 5.69 Å². The summed E-state index contributed by atoms with van der Waals surface area (Å²) in [5.74, 6) is -0.0312. The summed E-state index contributed by atoms with van der Waals surface area (Å²) in [5, 5.41) is 0.815. The number of sulfonamides is 1. The summed E-state index contributed by atoms with van der Waals surface area (Å²) >= 11 is 12.0. The Morgan fingerprint density at radius 3 is 2.33 bits per heavy atom. The molecule has 0 bridgehead atoms. The van der Waals surface area contributed by atoms with Crippen molar-refractivity contribution in [3.63, 3.8) is 0 Å². The van der Waals surface area contributed by atoms with Gasteiger partial charge in [-0.25, -0.2) is 8.42 Å². The fourth-order valence-corrected chi connectivity index (χ4v) is 5.08. The predicted molar refractivity (Wildman–Crippen MR) is 143 cm³/mol. The maximum absolute atomic E-state index is 12.8. The number of likely N-dealkylation sites (tertiary alicyclic amines) is 1. The molecular formula is C25H27Cl2N5O3S. The standard InChI is InChI=1S/C25H27Cl2N5O3S/c1-31(21-9-11-32(12-10-21)25(33)18-5-8-22(26)23(27)13-18)16-20-14-29-24(15-28-20)17-3-6-19(7-4-17)30-36(2,34)35/h3-8,13-15,21,30H,9-12,16H2,1-2H3. The van der Waals surface area contributed by atoms with E-state index in [1.807, 2.05) is 4.90 Å². The van der Waals surface area contributed by atoms with Gasteiger partial charge in [-0.1, -0.05) is 35.3 Å². The van der Waals surface area contributed by atoms with Gasteiger partial charge in [0.1, 0.15) is 0 Å². The molecule has 4 rings (SSSR count). The summed E-state index contributed by atoms with van der Waals surface area (Å²) in [4.78, 5) is 26.0. The second-order valence-electron chi connectivity index (χ2n) is 8.91. The lowest BCUT2D eigenvalue weighted by molar-refractivity contribution is 0.0638. The van der Waals surface area contributed by atoms with Crippen LogP contribution in [0.3, 0.4) is 0 Å². The molecule has 8 nitrogen and oxygen atoms in total. The number of benzene rings is 2. The maximum Gasteiger partial charge on any atom is 0.253 e. The Labute approximate surface area is 221 Å². The second-order valence-corrected chi connectivity index (χ2v) is 11.5. The number of hydrogen-bond acceptors (Lipinski definition) is 6. The first-order chi connectivity index (χ1) is 17.1. The number of carbonyl (C=O) groups excluding carboxylic acids is 1. The Balaban J connectivity index is 1.30. The highest BCUT2D eigenvalue weighted by atomic mass is 35.5. The van der Waals surface area contributed by atoms with Gasteiger partial charge in [0.05, 0.1) is 40.1 Å². The van der Waals surface area contributed by atoms with Crippen molar-refractivity contribution in [3.05, 3.63) is 76.2 Å².